The van der Waals surface area contributed by atoms with E-state index in [2.05, 4.69) is 25.9 Å². The fourth-order valence-electron chi connectivity index (χ4n) is 3.56. The van der Waals surface area contributed by atoms with Crippen molar-refractivity contribution < 1.29 is 9.53 Å². The molecule has 6 heteroatoms. The van der Waals surface area contributed by atoms with Gasteiger partial charge in [-0.3, -0.25) is 9.59 Å². The van der Waals surface area contributed by atoms with E-state index in [1.165, 1.54) is 0 Å². The van der Waals surface area contributed by atoms with Gasteiger partial charge < -0.3 is 9.64 Å². The lowest BCUT2D eigenvalue weighted by molar-refractivity contribution is -0.147. The molecule has 0 aliphatic carbocycles. The van der Waals surface area contributed by atoms with Gasteiger partial charge in [-0.1, -0.05) is 20.8 Å². The van der Waals surface area contributed by atoms with Gasteiger partial charge in [0.1, 0.15) is 6.10 Å². The van der Waals surface area contributed by atoms with E-state index in [0.29, 0.717) is 19.7 Å². The highest BCUT2D eigenvalue weighted by Crippen LogP contribution is 2.24. The third-order valence-electron chi connectivity index (χ3n) is 5.17. The van der Waals surface area contributed by atoms with E-state index in [-0.39, 0.29) is 29.0 Å². The third kappa shape index (κ3) is 4.11. The fourth-order valence-corrected chi connectivity index (χ4v) is 3.56. The Bertz CT molecular complexity index is 663. The van der Waals surface area contributed by atoms with Gasteiger partial charge in [-0.15, -0.1) is 0 Å². The summed E-state index contributed by atoms with van der Waals surface area (Å²) in [4.78, 5) is 26.7. The van der Waals surface area contributed by atoms with Gasteiger partial charge in [0.05, 0.1) is 11.7 Å². The quantitative estimate of drug-likeness (QED) is 0.823. The van der Waals surface area contributed by atoms with Gasteiger partial charge in [-0.25, -0.2) is 4.68 Å². The summed E-state index contributed by atoms with van der Waals surface area (Å²) in [5.41, 5.74) is 0.763. The Morgan fingerprint density at radius 1 is 1.16 bits per heavy atom. The molecule has 0 N–H and O–H groups in total. The number of carbonyl (C=O) groups is 1. The van der Waals surface area contributed by atoms with Crippen molar-refractivity contribution in [2.75, 3.05) is 19.7 Å². The predicted molar refractivity (Wildman–Crippen MR) is 95.6 cm³/mol. The van der Waals surface area contributed by atoms with Gasteiger partial charge >= 0.3 is 0 Å². The second-order valence-corrected chi connectivity index (χ2v) is 8.16. The largest absolute Gasteiger partial charge is 0.368 e. The molecular formula is C19H29N3O3. The second-order valence-electron chi connectivity index (χ2n) is 8.16. The monoisotopic (exact) mass is 347 g/mol. The third-order valence-corrected chi connectivity index (χ3v) is 5.17. The zero-order valence-corrected chi connectivity index (χ0v) is 15.5. The van der Waals surface area contributed by atoms with E-state index in [1.54, 1.807) is 10.7 Å². The molecule has 0 saturated carbocycles. The second kappa shape index (κ2) is 7.28. The first-order valence-electron chi connectivity index (χ1n) is 9.37. The Morgan fingerprint density at radius 2 is 1.88 bits per heavy atom. The average Bonchev–Trinajstić information content (AvgIpc) is 2.61. The molecule has 0 radical (unpaired) electrons. The van der Waals surface area contributed by atoms with Gasteiger partial charge in [0.2, 0.25) is 0 Å². The number of amides is 1. The Kier molecular flexibility index (Phi) is 5.27. The molecule has 1 atom stereocenters. The van der Waals surface area contributed by atoms with Crippen LogP contribution in [-0.4, -0.2) is 46.4 Å². The van der Waals surface area contributed by atoms with Crippen molar-refractivity contribution in [1.82, 2.24) is 14.7 Å². The van der Waals surface area contributed by atoms with Crippen LogP contribution < -0.4 is 5.56 Å². The minimum absolute atomic E-state index is 0.0612. The topological polar surface area (TPSA) is 64.4 Å². The maximum atomic E-state index is 12.6. The van der Waals surface area contributed by atoms with Crippen LogP contribution in [0.3, 0.4) is 0 Å². The summed E-state index contributed by atoms with van der Waals surface area (Å²) < 4.78 is 7.24. The number of hydrogen-bond donors (Lipinski definition) is 0. The molecule has 0 spiro atoms. The minimum Gasteiger partial charge on any atom is -0.368 e. The highest BCUT2D eigenvalue weighted by molar-refractivity contribution is 5.81. The normalized spacial score (nSPS) is 22.8. The average molecular weight is 347 g/mol. The highest BCUT2D eigenvalue weighted by atomic mass is 16.5. The molecule has 1 unspecified atom stereocenters. The summed E-state index contributed by atoms with van der Waals surface area (Å²) in [5.74, 6) is 0.113. The maximum Gasteiger partial charge on any atom is 0.267 e. The molecule has 1 aromatic heterocycles. The Balaban J connectivity index is 1.66. The van der Waals surface area contributed by atoms with Crippen molar-refractivity contribution in [3.8, 4) is 0 Å². The molecule has 138 valence electrons. The molecular weight excluding hydrogens is 318 g/mol. The lowest BCUT2D eigenvalue weighted by Gasteiger charge is -2.35. The van der Waals surface area contributed by atoms with Crippen LogP contribution in [0.2, 0.25) is 0 Å². The molecule has 3 heterocycles. The summed E-state index contributed by atoms with van der Waals surface area (Å²) in [5, 5.41) is 4.60. The highest BCUT2D eigenvalue weighted by Gasteiger charge is 2.31. The van der Waals surface area contributed by atoms with Crippen molar-refractivity contribution in [3.63, 3.8) is 0 Å². The SMILES string of the molecule is CC(C)(C)c1ccc(=O)n(C2CCN(C(=O)C3CCCCO3)CC2)n1. The standard InChI is InChI=1S/C19H29N3O3/c1-19(2,3)16-7-8-17(23)22(20-16)14-9-11-21(12-10-14)18(24)15-6-4-5-13-25-15/h7-8,14-15H,4-6,9-13H2,1-3H3. The number of rotatable bonds is 2. The Hall–Kier alpha value is -1.69. The van der Waals surface area contributed by atoms with E-state index < -0.39 is 0 Å². The van der Waals surface area contributed by atoms with Gasteiger partial charge in [0.25, 0.3) is 11.5 Å². The van der Waals surface area contributed by atoms with Crippen LogP contribution in [0.1, 0.15) is 64.6 Å². The van der Waals surface area contributed by atoms with Gasteiger partial charge in [-0.05, 0) is 38.2 Å². The molecule has 0 bridgehead atoms. The van der Waals surface area contributed by atoms with Crippen molar-refractivity contribution in [1.29, 1.82) is 0 Å². The van der Waals surface area contributed by atoms with Crippen LogP contribution in [-0.2, 0) is 14.9 Å². The maximum absolute atomic E-state index is 12.6. The van der Waals surface area contributed by atoms with Crippen molar-refractivity contribution in [3.05, 3.63) is 28.2 Å². The lowest BCUT2D eigenvalue weighted by atomic mass is 9.92. The number of nitrogens with zero attached hydrogens (tertiary/aromatic N) is 3. The van der Waals surface area contributed by atoms with E-state index in [4.69, 9.17) is 4.74 Å². The molecule has 25 heavy (non-hydrogen) atoms. The van der Waals surface area contributed by atoms with Crippen LogP contribution in [0.4, 0.5) is 0 Å². The van der Waals surface area contributed by atoms with Crippen molar-refractivity contribution >= 4 is 5.91 Å². The van der Waals surface area contributed by atoms with E-state index in [1.807, 2.05) is 11.0 Å². The molecule has 1 aromatic rings. The number of ether oxygens (including phenoxy) is 1. The number of aromatic nitrogens is 2. The van der Waals surface area contributed by atoms with Gasteiger partial charge in [0, 0.05) is 31.2 Å². The van der Waals surface area contributed by atoms with Crippen LogP contribution in [0.25, 0.3) is 0 Å². The van der Waals surface area contributed by atoms with Crippen molar-refractivity contribution in [2.45, 2.75) is 70.4 Å². The first-order chi connectivity index (χ1) is 11.9. The van der Waals surface area contributed by atoms with Crippen LogP contribution in [0.5, 0.6) is 0 Å². The molecule has 3 rings (SSSR count). The zero-order valence-electron chi connectivity index (χ0n) is 15.5. The van der Waals surface area contributed by atoms with E-state index >= 15 is 0 Å². The molecule has 0 aromatic carbocycles. The van der Waals surface area contributed by atoms with Crippen LogP contribution in [0.15, 0.2) is 16.9 Å². The van der Waals surface area contributed by atoms with Gasteiger partial charge in [0.15, 0.2) is 0 Å². The Labute approximate surface area is 149 Å². The summed E-state index contributed by atoms with van der Waals surface area (Å²) in [6.45, 7) is 8.29. The van der Waals surface area contributed by atoms with Crippen LogP contribution in [0, 0.1) is 0 Å². The summed E-state index contributed by atoms with van der Waals surface area (Å²) in [7, 11) is 0. The van der Waals surface area contributed by atoms with E-state index in [9.17, 15) is 9.59 Å². The lowest BCUT2D eigenvalue weighted by Crippen LogP contribution is -2.47. The molecule has 2 saturated heterocycles. The van der Waals surface area contributed by atoms with Crippen molar-refractivity contribution in [2.24, 2.45) is 0 Å². The Morgan fingerprint density at radius 3 is 2.48 bits per heavy atom. The molecule has 2 aliphatic heterocycles. The molecule has 2 fully saturated rings. The number of piperidine rings is 1. The molecule has 2 aliphatic rings. The number of likely N-dealkylation sites (tertiary alicyclic amines) is 1. The first kappa shape index (κ1) is 18.1. The minimum atomic E-state index is -0.268. The number of hydrogen-bond acceptors (Lipinski definition) is 4. The summed E-state index contributed by atoms with van der Waals surface area (Å²) in [6, 6.07) is 3.49. The summed E-state index contributed by atoms with van der Waals surface area (Å²) >= 11 is 0. The smallest absolute Gasteiger partial charge is 0.267 e. The van der Waals surface area contributed by atoms with E-state index in [0.717, 1.165) is 37.8 Å². The molecule has 1 amide bonds. The fraction of sp³-hybridized carbons (Fsp3) is 0.737. The van der Waals surface area contributed by atoms with Gasteiger partial charge in [-0.2, -0.15) is 5.10 Å². The number of carbonyl (C=O) groups excluding carboxylic acids is 1. The predicted octanol–water partition coefficient (Wildman–Crippen LogP) is 2.27. The van der Waals surface area contributed by atoms with Crippen LogP contribution >= 0.6 is 0 Å². The molecule has 6 nitrogen and oxygen atoms in total. The first-order valence-corrected chi connectivity index (χ1v) is 9.37. The zero-order chi connectivity index (χ0) is 18.0. The summed E-state index contributed by atoms with van der Waals surface area (Å²) in [6.07, 6.45) is 4.19.